The molecule has 0 radical (unpaired) electrons. The van der Waals surface area contributed by atoms with Gasteiger partial charge in [0.2, 0.25) is 5.91 Å². The van der Waals surface area contributed by atoms with Gasteiger partial charge in [-0.15, -0.1) is 0 Å². The predicted molar refractivity (Wildman–Crippen MR) is 107 cm³/mol. The number of carbonyl (C=O) groups excluding carboxylic acids is 2. The Kier molecular flexibility index (Phi) is 5.85. The Labute approximate surface area is 167 Å². The second kappa shape index (κ2) is 8.52. The minimum atomic E-state index is -0.257. The third-order valence-electron chi connectivity index (χ3n) is 6.57. The Morgan fingerprint density at radius 3 is 2.18 bits per heavy atom. The standard InChI is InChI=1S/C22H31N3O3/c23-21(26)16-8-12-25(13-9-16)22(27)17-4-6-19(7-5-17)28-20-14-18(15-20)24-10-2-1-3-11-24/h4-7,16,18,20H,1-3,8-15H2,(H2,23,26)/t18-,20-. The van der Waals surface area contributed by atoms with Gasteiger partial charge in [-0.1, -0.05) is 6.42 Å². The fraction of sp³-hybridized carbons (Fsp3) is 0.636. The normalized spacial score (nSPS) is 26.5. The Morgan fingerprint density at radius 1 is 0.929 bits per heavy atom. The molecule has 2 N–H and O–H groups in total. The zero-order valence-electron chi connectivity index (χ0n) is 16.5. The molecule has 28 heavy (non-hydrogen) atoms. The molecule has 1 aromatic carbocycles. The molecule has 2 heterocycles. The average Bonchev–Trinajstić information content (AvgIpc) is 2.71. The van der Waals surface area contributed by atoms with Gasteiger partial charge in [0.25, 0.3) is 5.91 Å². The number of nitrogens with zero attached hydrogens (tertiary/aromatic N) is 2. The summed E-state index contributed by atoms with van der Waals surface area (Å²) in [6.45, 7) is 3.66. The molecule has 1 saturated carbocycles. The predicted octanol–water partition coefficient (Wildman–Crippen LogP) is 2.42. The van der Waals surface area contributed by atoms with E-state index < -0.39 is 0 Å². The molecule has 0 atom stereocenters. The molecule has 6 heteroatoms. The topological polar surface area (TPSA) is 75.9 Å². The van der Waals surface area contributed by atoms with Gasteiger partial charge in [0.15, 0.2) is 0 Å². The highest BCUT2D eigenvalue weighted by molar-refractivity contribution is 5.94. The molecule has 0 aromatic heterocycles. The average molecular weight is 386 g/mol. The van der Waals surface area contributed by atoms with Crippen molar-refractivity contribution >= 4 is 11.8 Å². The number of carbonyl (C=O) groups is 2. The van der Waals surface area contributed by atoms with Crippen molar-refractivity contribution in [2.45, 2.75) is 57.1 Å². The first-order valence-electron chi connectivity index (χ1n) is 10.7. The van der Waals surface area contributed by atoms with Crippen LogP contribution in [0.5, 0.6) is 5.75 Å². The summed E-state index contributed by atoms with van der Waals surface area (Å²) in [4.78, 5) is 28.4. The lowest BCUT2D eigenvalue weighted by molar-refractivity contribution is -0.123. The van der Waals surface area contributed by atoms with Crippen LogP contribution in [0.15, 0.2) is 24.3 Å². The Balaban J connectivity index is 1.24. The Morgan fingerprint density at radius 2 is 1.57 bits per heavy atom. The van der Waals surface area contributed by atoms with Crippen molar-refractivity contribution in [2.75, 3.05) is 26.2 Å². The van der Waals surface area contributed by atoms with E-state index in [2.05, 4.69) is 4.90 Å². The molecule has 2 aliphatic heterocycles. The van der Waals surface area contributed by atoms with Crippen LogP contribution in [0.3, 0.4) is 0 Å². The fourth-order valence-electron chi connectivity index (χ4n) is 4.63. The van der Waals surface area contributed by atoms with Crippen molar-refractivity contribution in [3.63, 3.8) is 0 Å². The van der Waals surface area contributed by atoms with E-state index in [1.807, 2.05) is 29.2 Å². The van der Waals surface area contributed by atoms with Crippen LogP contribution in [0.25, 0.3) is 0 Å². The van der Waals surface area contributed by atoms with Crippen LogP contribution in [0.4, 0.5) is 0 Å². The maximum Gasteiger partial charge on any atom is 0.253 e. The largest absolute Gasteiger partial charge is 0.490 e. The molecule has 1 aliphatic carbocycles. The van der Waals surface area contributed by atoms with Gasteiger partial charge in [-0.05, 0) is 63.0 Å². The van der Waals surface area contributed by atoms with Crippen molar-refractivity contribution in [3.05, 3.63) is 29.8 Å². The quantitative estimate of drug-likeness (QED) is 0.845. The number of ether oxygens (including phenoxy) is 1. The number of amides is 2. The molecule has 1 aromatic rings. The number of rotatable bonds is 5. The first-order chi connectivity index (χ1) is 13.6. The van der Waals surface area contributed by atoms with E-state index in [0.717, 1.165) is 18.6 Å². The number of benzene rings is 1. The van der Waals surface area contributed by atoms with Crippen molar-refractivity contribution in [3.8, 4) is 5.75 Å². The fourth-order valence-corrected chi connectivity index (χ4v) is 4.63. The lowest BCUT2D eigenvalue weighted by Gasteiger charge is -2.44. The van der Waals surface area contributed by atoms with Gasteiger partial charge in [-0.2, -0.15) is 0 Å². The third-order valence-corrected chi connectivity index (χ3v) is 6.57. The highest BCUT2D eigenvalue weighted by Gasteiger charge is 2.35. The summed E-state index contributed by atoms with van der Waals surface area (Å²) >= 11 is 0. The maximum absolute atomic E-state index is 12.7. The third kappa shape index (κ3) is 4.32. The van der Waals surface area contributed by atoms with Crippen LogP contribution in [-0.2, 0) is 4.79 Å². The second-order valence-electron chi connectivity index (χ2n) is 8.45. The molecule has 0 bridgehead atoms. The van der Waals surface area contributed by atoms with E-state index in [1.54, 1.807) is 0 Å². The SMILES string of the molecule is NC(=O)C1CCN(C(=O)c2ccc(O[C@H]3C[C@H](N4CCCCC4)C3)cc2)CC1. The summed E-state index contributed by atoms with van der Waals surface area (Å²) in [6.07, 6.45) is 7.85. The van der Waals surface area contributed by atoms with Crippen molar-refractivity contribution in [2.24, 2.45) is 11.7 Å². The molecule has 0 spiro atoms. The number of piperidine rings is 2. The summed E-state index contributed by atoms with van der Waals surface area (Å²) < 4.78 is 6.09. The first-order valence-corrected chi connectivity index (χ1v) is 10.7. The Bertz CT molecular complexity index is 685. The number of nitrogens with two attached hydrogens (primary N) is 1. The monoisotopic (exact) mass is 385 g/mol. The van der Waals surface area contributed by atoms with Crippen LogP contribution in [-0.4, -0.2) is 59.9 Å². The molecule has 3 fully saturated rings. The summed E-state index contributed by atoms with van der Waals surface area (Å²) in [5, 5.41) is 0. The van der Waals surface area contributed by atoms with Crippen LogP contribution >= 0.6 is 0 Å². The first kappa shape index (κ1) is 19.2. The van der Waals surface area contributed by atoms with Gasteiger partial charge in [0.1, 0.15) is 11.9 Å². The van der Waals surface area contributed by atoms with E-state index in [-0.39, 0.29) is 17.7 Å². The molecule has 0 unspecified atom stereocenters. The number of primary amides is 1. The minimum Gasteiger partial charge on any atom is -0.490 e. The summed E-state index contributed by atoms with van der Waals surface area (Å²) in [6, 6.07) is 8.18. The summed E-state index contributed by atoms with van der Waals surface area (Å²) in [7, 11) is 0. The van der Waals surface area contributed by atoms with E-state index in [0.29, 0.717) is 43.6 Å². The van der Waals surface area contributed by atoms with E-state index in [9.17, 15) is 9.59 Å². The van der Waals surface area contributed by atoms with Crippen molar-refractivity contribution < 1.29 is 14.3 Å². The van der Waals surface area contributed by atoms with E-state index in [4.69, 9.17) is 10.5 Å². The van der Waals surface area contributed by atoms with Crippen LogP contribution in [0.2, 0.25) is 0 Å². The maximum atomic E-state index is 12.7. The Hall–Kier alpha value is -2.08. The van der Waals surface area contributed by atoms with Crippen molar-refractivity contribution in [1.82, 2.24) is 9.80 Å². The minimum absolute atomic E-state index is 0.0169. The molecule has 2 saturated heterocycles. The number of likely N-dealkylation sites (tertiary alicyclic amines) is 2. The molecular weight excluding hydrogens is 354 g/mol. The van der Waals surface area contributed by atoms with Gasteiger partial charge < -0.3 is 20.3 Å². The molecular formula is C22H31N3O3. The van der Waals surface area contributed by atoms with Gasteiger partial charge in [0.05, 0.1) is 0 Å². The molecule has 2 amide bonds. The van der Waals surface area contributed by atoms with E-state index >= 15 is 0 Å². The van der Waals surface area contributed by atoms with Crippen LogP contribution in [0, 0.1) is 5.92 Å². The van der Waals surface area contributed by atoms with Crippen molar-refractivity contribution in [1.29, 1.82) is 0 Å². The summed E-state index contributed by atoms with van der Waals surface area (Å²) in [5.41, 5.74) is 6.04. The lowest BCUT2D eigenvalue weighted by Crippen LogP contribution is -2.50. The van der Waals surface area contributed by atoms with E-state index in [1.165, 1.54) is 32.4 Å². The number of hydrogen-bond acceptors (Lipinski definition) is 4. The smallest absolute Gasteiger partial charge is 0.253 e. The number of hydrogen-bond donors (Lipinski definition) is 1. The molecule has 152 valence electrons. The van der Waals surface area contributed by atoms with Gasteiger partial charge in [-0.25, -0.2) is 0 Å². The van der Waals surface area contributed by atoms with Crippen LogP contribution < -0.4 is 10.5 Å². The molecule has 6 nitrogen and oxygen atoms in total. The highest BCUT2D eigenvalue weighted by Crippen LogP contribution is 2.31. The zero-order valence-corrected chi connectivity index (χ0v) is 16.5. The lowest BCUT2D eigenvalue weighted by atomic mass is 9.86. The zero-order chi connectivity index (χ0) is 19.5. The van der Waals surface area contributed by atoms with Gasteiger partial charge >= 0.3 is 0 Å². The van der Waals surface area contributed by atoms with Gasteiger partial charge in [0, 0.05) is 43.5 Å². The van der Waals surface area contributed by atoms with Crippen LogP contribution in [0.1, 0.15) is 55.3 Å². The van der Waals surface area contributed by atoms with Gasteiger partial charge in [-0.3, -0.25) is 9.59 Å². The second-order valence-corrected chi connectivity index (χ2v) is 8.45. The molecule has 3 aliphatic rings. The highest BCUT2D eigenvalue weighted by atomic mass is 16.5. The molecule has 4 rings (SSSR count). The summed E-state index contributed by atoms with van der Waals surface area (Å²) in [5.74, 6) is 0.498.